The van der Waals surface area contributed by atoms with E-state index in [0.29, 0.717) is 19.6 Å². The van der Waals surface area contributed by atoms with E-state index in [9.17, 15) is 9.59 Å². The molecule has 0 spiro atoms. The van der Waals surface area contributed by atoms with E-state index in [1.54, 1.807) is 16.2 Å². The largest absolute Gasteiger partial charge is 0.444 e. The number of ether oxygens (including phenoxy) is 1. The topological polar surface area (TPSA) is 58.6 Å². The first-order valence-electron chi connectivity index (χ1n) is 8.13. The number of carbonyl (C=O) groups is 2. The summed E-state index contributed by atoms with van der Waals surface area (Å²) in [5.41, 5.74) is -0.507. The minimum absolute atomic E-state index is 0.0369. The Kier molecular flexibility index (Phi) is 6.04. The van der Waals surface area contributed by atoms with Crippen LogP contribution in [0.2, 0.25) is 0 Å². The van der Waals surface area contributed by atoms with Crippen molar-refractivity contribution in [1.82, 2.24) is 10.2 Å². The summed E-state index contributed by atoms with van der Waals surface area (Å²) < 4.78 is 5.39. The first-order valence-corrected chi connectivity index (χ1v) is 9.01. The molecular formula is C17H26N2O3S. The van der Waals surface area contributed by atoms with Crippen molar-refractivity contribution in [3.63, 3.8) is 0 Å². The lowest BCUT2D eigenvalue weighted by Crippen LogP contribution is -2.47. The van der Waals surface area contributed by atoms with Crippen molar-refractivity contribution in [2.45, 2.75) is 45.6 Å². The van der Waals surface area contributed by atoms with Gasteiger partial charge >= 0.3 is 6.09 Å². The van der Waals surface area contributed by atoms with Gasteiger partial charge in [-0.15, -0.1) is 11.3 Å². The van der Waals surface area contributed by atoms with Crippen molar-refractivity contribution in [2.75, 3.05) is 19.6 Å². The summed E-state index contributed by atoms with van der Waals surface area (Å²) in [6.07, 6.45) is 2.19. The van der Waals surface area contributed by atoms with Crippen molar-refractivity contribution in [2.24, 2.45) is 5.92 Å². The van der Waals surface area contributed by atoms with Gasteiger partial charge in [-0.25, -0.2) is 4.79 Å². The molecule has 2 heterocycles. The third-order valence-corrected chi connectivity index (χ3v) is 4.63. The van der Waals surface area contributed by atoms with E-state index >= 15 is 0 Å². The van der Waals surface area contributed by atoms with Gasteiger partial charge < -0.3 is 15.0 Å². The molecule has 0 aliphatic carbocycles. The van der Waals surface area contributed by atoms with Gasteiger partial charge in [0.2, 0.25) is 5.91 Å². The van der Waals surface area contributed by atoms with Crippen LogP contribution in [0, 0.1) is 5.92 Å². The molecule has 0 bridgehead atoms. The molecule has 1 aliphatic rings. The number of piperidine rings is 1. The van der Waals surface area contributed by atoms with Gasteiger partial charge in [-0.3, -0.25) is 4.79 Å². The van der Waals surface area contributed by atoms with Gasteiger partial charge in [0, 0.05) is 24.5 Å². The van der Waals surface area contributed by atoms with Gasteiger partial charge in [0.15, 0.2) is 0 Å². The number of rotatable bonds is 4. The van der Waals surface area contributed by atoms with E-state index in [1.165, 1.54) is 4.88 Å². The Morgan fingerprint density at radius 1 is 1.43 bits per heavy atom. The summed E-state index contributed by atoms with van der Waals surface area (Å²) in [5, 5.41) is 5.03. The predicted octanol–water partition coefficient (Wildman–Crippen LogP) is 3.05. The highest BCUT2D eigenvalue weighted by atomic mass is 32.1. The number of nitrogens with one attached hydrogen (secondary N) is 1. The minimum atomic E-state index is -0.507. The van der Waals surface area contributed by atoms with Gasteiger partial charge in [0.05, 0.1) is 5.92 Å². The van der Waals surface area contributed by atoms with Crippen molar-refractivity contribution in [3.8, 4) is 0 Å². The maximum Gasteiger partial charge on any atom is 0.410 e. The van der Waals surface area contributed by atoms with Gasteiger partial charge in [-0.2, -0.15) is 0 Å². The molecular weight excluding hydrogens is 312 g/mol. The molecule has 2 rings (SSSR count). The number of thiophene rings is 1. The molecule has 1 aromatic heterocycles. The number of hydrogen-bond acceptors (Lipinski definition) is 4. The zero-order valence-corrected chi connectivity index (χ0v) is 14.9. The highest BCUT2D eigenvalue weighted by Crippen LogP contribution is 2.19. The maximum atomic E-state index is 12.3. The van der Waals surface area contributed by atoms with Crippen LogP contribution in [-0.4, -0.2) is 42.1 Å². The van der Waals surface area contributed by atoms with E-state index in [2.05, 4.69) is 11.4 Å². The molecule has 1 atom stereocenters. The van der Waals surface area contributed by atoms with Crippen LogP contribution in [0.3, 0.4) is 0 Å². The monoisotopic (exact) mass is 338 g/mol. The second-order valence-electron chi connectivity index (χ2n) is 6.89. The van der Waals surface area contributed by atoms with Crippen LogP contribution in [0.25, 0.3) is 0 Å². The molecule has 1 aliphatic heterocycles. The fourth-order valence-corrected chi connectivity index (χ4v) is 3.30. The molecule has 2 amide bonds. The molecule has 1 N–H and O–H groups in total. The molecule has 0 radical (unpaired) electrons. The van der Waals surface area contributed by atoms with Crippen LogP contribution in [0.4, 0.5) is 4.79 Å². The molecule has 1 saturated heterocycles. The number of hydrogen-bond donors (Lipinski definition) is 1. The van der Waals surface area contributed by atoms with Crippen LogP contribution in [0.15, 0.2) is 17.5 Å². The molecule has 6 heteroatoms. The van der Waals surface area contributed by atoms with Gasteiger partial charge in [0.25, 0.3) is 0 Å². The second-order valence-corrected chi connectivity index (χ2v) is 7.92. The molecule has 1 unspecified atom stereocenters. The standard InChI is InChI=1S/C17H26N2O3S/c1-17(2,3)22-16(21)19-10-4-6-13(12-19)15(20)18-9-8-14-7-5-11-23-14/h5,7,11,13H,4,6,8-10,12H2,1-3H3,(H,18,20). The normalized spacial score (nSPS) is 18.6. The molecule has 0 saturated carbocycles. The van der Waals surface area contributed by atoms with Crippen LogP contribution in [0.1, 0.15) is 38.5 Å². The van der Waals surface area contributed by atoms with Gasteiger partial charge in [0.1, 0.15) is 5.60 Å². The van der Waals surface area contributed by atoms with Crippen molar-refractivity contribution >= 4 is 23.3 Å². The lowest BCUT2D eigenvalue weighted by atomic mass is 9.97. The summed E-state index contributed by atoms with van der Waals surface area (Å²) >= 11 is 1.70. The Bertz CT molecular complexity index is 522. The van der Waals surface area contributed by atoms with E-state index in [-0.39, 0.29) is 17.9 Å². The Hall–Kier alpha value is -1.56. The smallest absolute Gasteiger partial charge is 0.410 e. The van der Waals surface area contributed by atoms with Crippen LogP contribution < -0.4 is 5.32 Å². The molecule has 0 aromatic carbocycles. The summed E-state index contributed by atoms with van der Waals surface area (Å²) in [5.74, 6) is -0.102. The second kappa shape index (κ2) is 7.81. The summed E-state index contributed by atoms with van der Waals surface area (Å²) in [6, 6.07) is 4.09. The predicted molar refractivity (Wildman–Crippen MR) is 91.6 cm³/mol. The zero-order valence-electron chi connectivity index (χ0n) is 14.1. The van der Waals surface area contributed by atoms with Crippen molar-refractivity contribution in [1.29, 1.82) is 0 Å². The quantitative estimate of drug-likeness (QED) is 0.918. The van der Waals surface area contributed by atoms with E-state index in [0.717, 1.165) is 19.3 Å². The summed E-state index contributed by atoms with van der Waals surface area (Å²) in [4.78, 5) is 27.3. The maximum absolute atomic E-state index is 12.3. The molecule has 128 valence electrons. The zero-order chi connectivity index (χ0) is 16.9. The van der Waals surface area contributed by atoms with Crippen molar-refractivity contribution < 1.29 is 14.3 Å². The Labute approximate surface area is 142 Å². The van der Waals surface area contributed by atoms with Gasteiger partial charge in [-0.1, -0.05) is 6.07 Å². The van der Waals surface area contributed by atoms with Crippen LogP contribution in [0.5, 0.6) is 0 Å². The van der Waals surface area contributed by atoms with Gasteiger partial charge in [-0.05, 0) is 51.5 Å². The Morgan fingerprint density at radius 3 is 2.87 bits per heavy atom. The number of likely N-dealkylation sites (tertiary alicyclic amines) is 1. The first kappa shape index (κ1) is 17.8. The fraction of sp³-hybridized carbons (Fsp3) is 0.647. The fourth-order valence-electron chi connectivity index (χ4n) is 2.59. The van der Waals surface area contributed by atoms with Crippen LogP contribution in [-0.2, 0) is 16.0 Å². The third-order valence-electron chi connectivity index (χ3n) is 3.69. The average molecular weight is 338 g/mol. The van der Waals surface area contributed by atoms with E-state index < -0.39 is 5.60 Å². The van der Waals surface area contributed by atoms with Crippen LogP contribution >= 0.6 is 11.3 Å². The third kappa shape index (κ3) is 5.86. The lowest BCUT2D eigenvalue weighted by Gasteiger charge is -2.33. The van der Waals surface area contributed by atoms with Crippen molar-refractivity contribution in [3.05, 3.63) is 22.4 Å². The number of carbonyl (C=O) groups excluding carboxylic acids is 2. The van der Waals surface area contributed by atoms with E-state index in [4.69, 9.17) is 4.74 Å². The lowest BCUT2D eigenvalue weighted by molar-refractivity contribution is -0.126. The minimum Gasteiger partial charge on any atom is -0.444 e. The summed E-state index contributed by atoms with van der Waals surface area (Å²) in [6.45, 7) is 7.30. The molecule has 1 fully saturated rings. The highest BCUT2D eigenvalue weighted by Gasteiger charge is 2.30. The Balaban J connectivity index is 1.78. The van der Waals surface area contributed by atoms with E-state index in [1.807, 2.05) is 32.2 Å². The molecule has 5 nitrogen and oxygen atoms in total. The first-order chi connectivity index (χ1) is 10.8. The average Bonchev–Trinajstić information content (AvgIpc) is 2.99. The summed E-state index contributed by atoms with van der Waals surface area (Å²) in [7, 11) is 0. The molecule has 1 aromatic rings. The molecule has 23 heavy (non-hydrogen) atoms. The number of nitrogens with zero attached hydrogens (tertiary/aromatic N) is 1. The Morgan fingerprint density at radius 2 is 2.22 bits per heavy atom. The number of amides is 2. The highest BCUT2D eigenvalue weighted by molar-refractivity contribution is 7.09. The SMILES string of the molecule is CC(C)(C)OC(=O)N1CCCC(C(=O)NCCc2cccs2)C1.